The Balaban J connectivity index is 1.71. The molecule has 2 amide bonds. The number of carbonyl (C=O) groups is 2. The highest BCUT2D eigenvalue weighted by Gasteiger charge is 2.55. The van der Waals surface area contributed by atoms with E-state index < -0.39 is 29.4 Å². The van der Waals surface area contributed by atoms with Crippen molar-refractivity contribution in [3.05, 3.63) is 47.4 Å². The van der Waals surface area contributed by atoms with Crippen LogP contribution in [0, 0.1) is 6.92 Å². The van der Waals surface area contributed by atoms with Crippen LogP contribution >= 0.6 is 0 Å². The van der Waals surface area contributed by atoms with E-state index in [2.05, 4.69) is 15.3 Å². The first-order valence-electron chi connectivity index (χ1n) is 9.44. The predicted octanol–water partition coefficient (Wildman–Crippen LogP) is 2.21. The number of halogens is 3. The number of carboxylic acid groups (broad SMARTS) is 1. The van der Waals surface area contributed by atoms with Gasteiger partial charge in [-0.05, 0) is 44.4 Å². The van der Waals surface area contributed by atoms with Crippen LogP contribution in [0.25, 0.3) is 11.3 Å². The van der Waals surface area contributed by atoms with Gasteiger partial charge in [0.1, 0.15) is 11.6 Å². The Morgan fingerprint density at radius 3 is 2.50 bits per heavy atom. The molecule has 3 heterocycles. The molecule has 4 rings (SSSR count). The fourth-order valence-corrected chi connectivity index (χ4v) is 4.32. The number of nitrogens with one attached hydrogen (secondary N) is 1. The number of rotatable bonds is 2. The highest BCUT2D eigenvalue weighted by Crippen LogP contribution is 2.45. The second-order valence-corrected chi connectivity index (χ2v) is 7.56. The van der Waals surface area contributed by atoms with Gasteiger partial charge in [-0.2, -0.15) is 13.2 Å². The average Bonchev–Trinajstić information content (AvgIpc) is 3.25. The first kappa shape index (κ1) is 20.1. The van der Waals surface area contributed by atoms with Crippen LogP contribution in [-0.4, -0.2) is 39.0 Å². The van der Waals surface area contributed by atoms with Crippen LogP contribution in [0.4, 0.5) is 18.0 Å². The number of carbonyl (C=O) groups excluding carboxylic acids is 2. The molecule has 1 N–H and O–H groups in total. The molecule has 0 radical (unpaired) electrons. The number of alkyl halides is 3. The lowest BCUT2D eigenvalue weighted by atomic mass is 9.95. The van der Waals surface area contributed by atoms with Gasteiger partial charge in [-0.1, -0.05) is 12.1 Å². The predicted molar refractivity (Wildman–Crippen MR) is 96.8 cm³/mol. The molecule has 158 valence electrons. The SMILES string of the molecule is Cc1cc(-c2ccc(C(F)(F)F)cc2)nc([C@H]2CC[C@]3(CCNC3=O)N2C(=O)[O-])n1. The molecule has 7 nitrogen and oxygen atoms in total. The first-order chi connectivity index (χ1) is 14.1. The van der Waals surface area contributed by atoms with Crippen LogP contribution in [0.3, 0.4) is 0 Å². The molecule has 1 aromatic heterocycles. The van der Waals surface area contributed by atoms with E-state index in [4.69, 9.17) is 0 Å². The van der Waals surface area contributed by atoms with Crippen molar-refractivity contribution in [1.29, 1.82) is 0 Å². The number of aromatic nitrogens is 2. The monoisotopic (exact) mass is 419 g/mol. The van der Waals surface area contributed by atoms with Gasteiger partial charge in [-0.25, -0.2) is 9.97 Å². The summed E-state index contributed by atoms with van der Waals surface area (Å²) in [6, 6.07) is 5.40. The van der Waals surface area contributed by atoms with Crippen LogP contribution in [0.2, 0.25) is 0 Å². The van der Waals surface area contributed by atoms with Crippen LogP contribution in [0.15, 0.2) is 30.3 Å². The van der Waals surface area contributed by atoms with Crippen molar-refractivity contribution < 1.29 is 27.9 Å². The third-order valence-electron chi connectivity index (χ3n) is 5.73. The quantitative estimate of drug-likeness (QED) is 0.805. The number of hydrogen-bond donors (Lipinski definition) is 1. The summed E-state index contributed by atoms with van der Waals surface area (Å²) in [6.07, 6.45) is -4.91. The van der Waals surface area contributed by atoms with Crippen molar-refractivity contribution in [3.8, 4) is 11.3 Å². The molecular formula is C20H18F3N4O3-. The molecule has 30 heavy (non-hydrogen) atoms. The Morgan fingerprint density at radius 1 is 1.23 bits per heavy atom. The van der Waals surface area contributed by atoms with Crippen LogP contribution < -0.4 is 10.4 Å². The number of likely N-dealkylation sites (tertiary alicyclic amines) is 1. The van der Waals surface area contributed by atoms with Gasteiger partial charge in [0.05, 0.1) is 17.3 Å². The lowest BCUT2D eigenvalue weighted by Gasteiger charge is -2.37. The van der Waals surface area contributed by atoms with Crippen molar-refractivity contribution in [2.75, 3.05) is 6.54 Å². The normalized spacial score (nSPS) is 23.8. The second-order valence-electron chi connectivity index (χ2n) is 7.56. The molecule has 2 aliphatic rings. The summed E-state index contributed by atoms with van der Waals surface area (Å²) < 4.78 is 38.5. The number of nitrogens with zero attached hydrogens (tertiary/aromatic N) is 3. The van der Waals surface area contributed by atoms with E-state index in [0.717, 1.165) is 17.0 Å². The summed E-state index contributed by atoms with van der Waals surface area (Å²) in [5, 5.41) is 14.6. The largest absolute Gasteiger partial charge is 0.530 e. The molecule has 1 aromatic carbocycles. The third-order valence-corrected chi connectivity index (χ3v) is 5.73. The molecule has 2 atom stereocenters. The second kappa shape index (κ2) is 6.96. The Morgan fingerprint density at radius 2 is 1.93 bits per heavy atom. The number of amides is 2. The molecule has 0 aliphatic carbocycles. The molecule has 0 bridgehead atoms. The van der Waals surface area contributed by atoms with Crippen molar-refractivity contribution in [3.63, 3.8) is 0 Å². The van der Waals surface area contributed by atoms with Gasteiger partial charge in [0.2, 0.25) is 5.91 Å². The van der Waals surface area contributed by atoms with E-state index in [1.807, 2.05) is 0 Å². The fraction of sp³-hybridized carbons (Fsp3) is 0.400. The molecule has 2 aliphatic heterocycles. The zero-order valence-corrected chi connectivity index (χ0v) is 16.0. The smallest absolute Gasteiger partial charge is 0.416 e. The first-order valence-corrected chi connectivity index (χ1v) is 9.44. The van der Waals surface area contributed by atoms with Crippen LogP contribution in [-0.2, 0) is 11.0 Å². The van der Waals surface area contributed by atoms with E-state index in [1.165, 1.54) is 12.1 Å². The third kappa shape index (κ3) is 3.25. The topological polar surface area (TPSA) is 98.2 Å². The molecule has 2 saturated heterocycles. The van der Waals surface area contributed by atoms with Gasteiger partial charge < -0.3 is 20.1 Å². The maximum atomic E-state index is 12.8. The molecule has 2 fully saturated rings. The van der Waals surface area contributed by atoms with Crippen LogP contribution in [0.5, 0.6) is 0 Å². The summed E-state index contributed by atoms with van der Waals surface area (Å²) >= 11 is 0. The van der Waals surface area contributed by atoms with E-state index >= 15 is 0 Å². The molecule has 0 unspecified atom stereocenters. The summed E-state index contributed by atoms with van der Waals surface area (Å²) in [4.78, 5) is 34.1. The van der Waals surface area contributed by atoms with Gasteiger partial charge >= 0.3 is 6.18 Å². The number of aryl methyl sites for hydroxylation is 1. The maximum absolute atomic E-state index is 12.8. The summed E-state index contributed by atoms with van der Waals surface area (Å²) in [5.41, 5.74) is -0.608. The van der Waals surface area contributed by atoms with Gasteiger partial charge in [0.25, 0.3) is 0 Å². The van der Waals surface area contributed by atoms with Crippen molar-refractivity contribution in [2.24, 2.45) is 0 Å². The molecule has 2 aromatic rings. The van der Waals surface area contributed by atoms with E-state index in [-0.39, 0.29) is 11.7 Å². The molecule has 10 heteroatoms. The number of hydrogen-bond acceptors (Lipinski definition) is 5. The Hall–Kier alpha value is -3.17. The summed E-state index contributed by atoms with van der Waals surface area (Å²) in [6.45, 7) is 2.07. The van der Waals surface area contributed by atoms with Gasteiger partial charge in [-0.3, -0.25) is 4.79 Å². The standard InChI is InChI=1S/C20H19F3N4O3/c1-11-10-14(12-2-4-13(5-3-12)20(21,22)23)26-16(25-11)15-6-7-19(27(15)18(29)30)8-9-24-17(19)28/h2-5,10,15H,6-9H2,1H3,(H,24,28)(H,29,30)/p-1/t15-,19-/m1/s1. The van der Waals surface area contributed by atoms with Crippen LogP contribution in [0.1, 0.15) is 42.4 Å². The summed E-state index contributed by atoms with van der Waals surface area (Å²) in [5.74, 6) is -0.157. The zero-order valence-electron chi connectivity index (χ0n) is 16.0. The Bertz CT molecular complexity index is 1010. The Kier molecular flexibility index (Phi) is 4.67. The van der Waals surface area contributed by atoms with Crippen molar-refractivity contribution >= 4 is 12.0 Å². The van der Waals surface area contributed by atoms with E-state index in [0.29, 0.717) is 42.8 Å². The Labute approximate surface area is 169 Å². The van der Waals surface area contributed by atoms with Gasteiger partial charge in [-0.15, -0.1) is 0 Å². The fourth-order valence-electron chi connectivity index (χ4n) is 4.32. The molecule has 0 saturated carbocycles. The van der Waals surface area contributed by atoms with Crippen molar-refractivity contribution in [2.45, 2.75) is 43.9 Å². The lowest BCUT2D eigenvalue weighted by Crippen LogP contribution is -2.56. The highest BCUT2D eigenvalue weighted by molar-refractivity contribution is 5.92. The minimum absolute atomic E-state index is 0.200. The minimum atomic E-state index is -4.44. The highest BCUT2D eigenvalue weighted by atomic mass is 19.4. The maximum Gasteiger partial charge on any atom is 0.416 e. The van der Waals surface area contributed by atoms with Crippen molar-refractivity contribution in [1.82, 2.24) is 20.2 Å². The minimum Gasteiger partial charge on any atom is -0.530 e. The zero-order chi connectivity index (χ0) is 21.7. The van der Waals surface area contributed by atoms with Gasteiger partial charge in [0, 0.05) is 17.8 Å². The molecular weight excluding hydrogens is 401 g/mol. The van der Waals surface area contributed by atoms with E-state index in [1.54, 1.807) is 13.0 Å². The summed E-state index contributed by atoms with van der Waals surface area (Å²) in [7, 11) is 0. The number of benzene rings is 1. The molecule has 1 spiro atoms. The van der Waals surface area contributed by atoms with E-state index in [9.17, 15) is 27.9 Å². The average molecular weight is 419 g/mol. The van der Waals surface area contributed by atoms with Gasteiger partial charge in [0.15, 0.2) is 5.82 Å². The lowest BCUT2D eigenvalue weighted by molar-refractivity contribution is -0.272.